The third kappa shape index (κ3) is 5.24. The Labute approximate surface area is 112 Å². The first kappa shape index (κ1) is 14.1. The summed E-state index contributed by atoms with van der Waals surface area (Å²) in [7, 11) is 0. The number of phenols is 1. The number of aromatic hydroxyl groups is 1. The summed E-state index contributed by atoms with van der Waals surface area (Å²) in [4.78, 5) is 0. The maximum Gasteiger partial charge on any atom is 0.170 e. The summed E-state index contributed by atoms with van der Waals surface area (Å²) in [6, 6.07) is 4.79. The second kappa shape index (κ2) is 7.35. The molecule has 5 heteroatoms. The molecule has 0 saturated heterocycles. The molecule has 0 aliphatic rings. The molecular formula is C12H17ClN2OS. The van der Waals surface area contributed by atoms with Gasteiger partial charge in [0.25, 0.3) is 0 Å². The second-order valence-electron chi connectivity index (χ2n) is 3.75. The molecule has 94 valence electrons. The molecule has 0 aromatic heterocycles. The first-order valence-corrected chi connectivity index (χ1v) is 6.45. The zero-order chi connectivity index (χ0) is 12.7. The molecule has 0 unspecified atom stereocenters. The van der Waals surface area contributed by atoms with Crippen LogP contribution in [0.4, 0.5) is 5.69 Å². The Bertz CT molecular complexity index is 385. The van der Waals surface area contributed by atoms with Crippen LogP contribution in [-0.2, 0) is 0 Å². The van der Waals surface area contributed by atoms with Gasteiger partial charge in [-0.15, -0.1) is 0 Å². The fourth-order valence-corrected chi connectivity index (χ4v) is 1.74. The van der Waals surface area contributed by atoms with Crippen LogP contribution in [0.3, 0.4) is 0 Å². The number of anilines is 1. The highest BCUT2D eigenvalue weighted by molar-refractivity contribution is 7.80. The highest BCUT2D eigenvalue weighted by Crippen LogP contribution is 2.26. The van der Waals surface area contributed by atoms with Crippen molar-refractivity contribution in [2.45, 2.75) is 26.2 Å². The maximum absolute atomic E-state index is 9.58. The molecule has 0 bridgehead atoms. The summed E-state index contributed by atoms with van der Waals surface area (Å²) in [6.07, 6.45) is 3.44. The average Bonchev–Trinajstić information content (AvgIpc) is 2.29. The van der Waals surface area contributed by atoms with Crippen LogP contribution in [0.15, 0.2) is 18.2 Å². The van der Waals surface area contributed by atoms with Crippen molar-refractivity contribution in [2.75, 3.05) is 11.9 Å². The minimum Gasteiger partial charge on any atom is -0.506 e. The number of benzene rings is 1. The standard InChI is InChI=1S/C12H17ClN2OS/c1-2-3-4-7-14-12(17)15-10-8-9(13)5-6-11(10)16/h5-6,8,16H,2-4,7H2,1H3,(H2,14,15,17). The number of thiocarbonyl (C=S) groups is 1. The van der Waals surface area contributed by atoms with Crippen molar-refractivity contribution >= 4 is 34.6 Å². The molecule has 3 N–H and O–H groups in total. The lowest BCUT2D eigenvalue weighted by atomic mass is 10.2. The molecular weight excluding hydrogens is 256 g/mol. The van der Waals surface area contributed by atoms with Gasteiger partial charge in [0, 0.05) is 11.6 Å². The average molecular weight is 273 g/mol. The third-order valence-electron chi connectivity index (χ3n) is 2.27. The van der Waals surface area contributed by atoms with Crippen LogP contribution in [-0.4, -0.2) is 16.8 Å². The van der Waals surface area contributed by atoms with Gasteiger partial charge in [-0.25, -0.2) is 0 Å². The van der Waals surface area contributed by atoms with Crippen molar-refractivity contribution in [3.05, 3.63) is 23.2 Å². The molecule has 0 heterocycles. The van der Waals surface area contributed by atoms with E-state index in [1.54, 1.807) is 12.1 Å². The van der Waals surface area contributed by atoms with Gasteiger partial charge in [0.1, 0.15) is 5.75 Å². The number of phenolic OH excluding ortho intramolecular Hbond substituents is 1. The summed E-state index contributed by atoms with van der Waals surface area (Å²) >= 11 is 10.9. The lowest BCUT2D eigenvalue weighted by molar-refractivity contribution is 0.478. The highest BCUT2D eigenvalue weighted by Gasteiger charge is 2.03. The summed E-state index contributed by atoms with van der Waals surface area (Å²) < 4.78 is 0. The van der Waals surface area contributed by atoms with Gasteiger partial charge in [-0.05, 0) is 36.8 Å². The Morgan fingerprint density at radius 1 is 1.41 bits per heavy atom. The first-order chi connectivity index (χ1) is 8.13. The molecule has 0 atom stereocenters. The van der Waals surface area contributed by atoms with Gasteiger partial charge in [0.05, 0.1) is 5.69 Å². The van der Waals surface area contributed by atoms with Crippen molar-refractivity contribution in [3.63, 3.8) is 0 Å². The normalized spacial score (nSPS) is 10.0. The number of hydrogen-bond acceptors (Lipinski definition) is 2. The molecule has 0 saturated carbocycles. The largest absolute Gasteiger partial charge is 0.506 e. The van der Waals surface area contributed by atoms with Crippen molar-refractivity contribution in [1.29, 1.82) is 0 Å². The molecule has 0 radical (unpaired) electrons. The van der Waals surface area contributed by atoms with Gasteiger partial charge in [0.2, 0.25) is 0 Å². The van der Waals surface area contributed by atoms with Crippen LogP contribution in [0.5, 0.6) is 5.75 Å². The van der Waals surface area contributed by atoms with E-state index in [1.807, 2.05) is 0 Å². The molecule has 1 rings (SSSR count). The zero-order valence-electron chi connectivity index (χ0n) is 9.79. The van der Waals surface area contributed by atoms with E-state index in [2.05, 4.69) is 17.6 Å². The number of unbranched alkanes of at least 4 members (excludes halogenated alkanes) is 2. The second-order valence-corrected chi connectivity index (χ2v) is 4.59. The predicted molar refractivity (Wildman–Crippen MR) is 76.9 cm³/mol. The monoisotopic (exact) mass is 272 g/mol. The Kier molecular flexibility index (Phi) is 6.08. The third-order valence-corrected chi connectivity index (χ3v) is 2.75. The highest BCUT2D eigenvalue weighted by atomic mass is 35.5. The molecule has 0 aliphatic carbocycles. The summed E-state index contributed by atoms with van der Waals surface area (Å²) in [5.41, 5.74) is 0.519. The zero-order valence-corrected chi connectivity index (χ0v) is 11.4. The van der Waals surface area contributed by atoms with Crippen LogP contribution < -0.4 is 10.6 Å². The molecule has 1 aromatic rings. The predicted octanol–water partition coefficient (Wildman–Crippen LogP) is 3.52. The minimum absolute atomic E-state index is 0.132. The lowest BCUT2D eigenvalue weighted by Crippen LogP contribution is -2.29. The van der Waals surface area contributed by atoms with E-state index < -0.39 is 0 Å². The van der Waals surface area contributed by atoms with Crippen LogP contribution >= 0.6 is 23.8 Å². The fraction of sp³-hybridized carbons (Fsp3) is 0.417. The molecule has 17 heavy (non-hydrogen) atoms. The number of hydrogen-bond donors (Lipinski definition) is 3. The number of rotatable bonds is 5. The molecule has 0 fully saturated rings. The summed E-state index contributed by atoms with van der Waals surface area (Å²) in [6.45, 7) is 2.99. The van der Waals surface area contributed by atoms with Crippen LogP contribution in [0, 0.1) is 0 Å². The Balaban J connectivity index is 2.42. The molecule has 3 nitrogen and oxygen atoms in total. The molecule has 0 spiro atoms. The molecule has 1 aromatic carbocycles. The van der Waals surface area contributed by atoms with E-state index in [4.69, 9.17) is 23.8 Å². The van der Waals surface area contributed by atoms with E-state index in [0.29, 0.717) is 15.8 Å². The van der Waals surface area contributed by atoms with E-state index in [9.17, 15) is 5.11 Å². The van der Waals surface area contributed by atoms with Gasteiger partial charge in [0.15, 0.2) is 5.11 Å². The minimum atomic E-state index is 0.132. The van der Waals surface area contributed by atoms with Gasteiger partial charge < -0.3 is 15.7 Å². The quantitative estimate of drug-likeness (QED) is 0.436. The van der Waals surface area contributed by atoms with Crippen molar-refractivity contribution in [1.82, 2.24) is 5.32 Å². The summed E-state index contributed by atoms with van der Waals surface area (Å²) in [5.74, 6) is 0.132. The van der Waals surface area contributed by atoms with E-state index >= 15 is 0 Å². The fourth-order valence-electron chi connectivity index (χ4n) is 1.35. The SMILES string of the molecule is CCCCCNC(=S)Nc1cc(Cl)ccc1O. The Morgan fingerprint density at radius 2 is 2.18 bits per heavy atom. The lowest BCUT2D eigenvalue weighted by Gasteiger charge is -2.11. The number of halogens is 1. The smallest absolute Gasteiger partial charge is 0.170 e. The van der Waals surface area contributed by atoms with Crippen LogP contribution in [0.2, 0.25) is 5.02 Å². The van der Waals surface area contributed by atoms with Gasteiger partial charge in [-0.1, -0.05) is 31.4 Å². The Morgan fingerprint density at radius 3 is 2.88 bits per heavy atom. The Hall–Kier alpha value is -1.00. The maximum atomic E-state index is 9.58. The molecule has 0 amide bonds. The van der Waals surface area contributed by atoms with Gasteiger partial charge >= 0.3 is 0 Å². The van der Waals surface area contributed by atoms with E-state index in [1.165, 1.54) is 18.9 Å². The summed E-state index contributed by atoms with van der Waals surface area (Å²) in [5, 5.41) is 16.6. The van der Waals surface area contributed by atoms with Crippen molar-refractivity contribution in [3.8, 4) is 5.75 Å². The van der Waals surface area contributed by atoms with Crippen molar-refractivity contribution in [2.24, 2.45) is 0 Å². The van der Waals surface area contributed by atoms with E-state index in [-0.39, 0.29) is 5.75 Å². The van der Waals surface area contributed by atoms with Gasteiger partial charge in [-0.2, -0.15) is 0 Å². The van der Waals surface area contributed by atoms with Crippen molar-refractivity contribution < 1.29 is 5.11 Å². The molecule has 0 aliphatic heterocycles. The number of nitrogens with one attached hydrogen (secondary N) is 2. The topological polar surface area (TPSA) is 44.3 Å². The van der Waals surface area contributed by atoms with Crippen LogP contribution in [0.25, 0.3) is 0 Å². The van der Waals surface area contributed by atoms with Gasteiger partial charge in [-0.3, -0.25) is 0 Å². The first-order valence-electron chi connectivity index (χ1n) is 5.67. The van der Waals surface area contributed by atoms with Crippen LogP contribution in [0.1, 0.15) is 26.2 Å². The van der Waals surface area contributed by atoms with E-state index in [0.717, 1.165) is 13.0 Å².